The molecule has 6 nitrogen and oxygen atoms in total. The van der Waals surface area contributed by atoms with Gasteiger partial charge in [-0.1, -0.05) is 0 Å². The predicted octanol–water partition coefficient (Wildman–Crippen LogP) is 2.72. The molecule has 0 fully saturated rings. The van der Waals surface area contributed by atoms with Crippen LogP contribution < -0.4 is 0 Å². The van der Waals surface area contributed by atoms with E-state index in [1.165, 1.54) is 6.07 Å². The third-order valence-electron chi connectivity index (χ3n) is 3.99. The number of fused-ring (bicyclic) bond motifs is 1. The lowest BCUT2D eigenvalue weighted by Crippen LogP contribution is -2.08. The van der Waals surface area contributed by atoms with Gasteiger partial charge in [-0.05, 0) is 25.1 Å². The Hall–Kier alpha value is -3.09. The zero-order valence-electron chi connectivity index (χ0n) is 13.3. The molecule has 0 aliphatic carbocycles. The lowest BCUT2D eigenvalue weighted by molar-refractivity contribution is 0.620. The monoisotopic (exact) mass is 322 g/mol. The molecular formula is C17H15FN6. The minimum absolute atomic E-state index is 0.235. The highest BCUT2D eigenvalue weighted by atomic mass is 19.1. The molecule has 0 radical (unpaired) electrons. The van der Waals surface area contributed by atoms with E-state index in [-0.39, 0.29) is 5.69 Å². The molecule has 0 saturated heterocycles. The molecule has 4 aromatic rings. The zero-order valence-corrected chi connectivity index (χ0v) is 13.3. The molecule has 7 heteroatoms. The Balaban J connectivity index is 1.77. The highest BCUT2D eigenvalue weighted by molar-refractivity contribution is 5.75. The van der Waals surface area contributed by atoms with Crippen LogP contribution in [0.15, 0.2) is 43.0 Å². The van der Waals surface area contributed by atoms with Crippen molar-refractivity contribution in [2.24, 2.45) is 7.05 Å². The Morgan fingerprint density at radius 2 is 2.04 bits per heavy atom. The first-order valence-corrected chi connectivity index (χ1v) is 7.53. The molecule has 4 aromatic heterocycles. The minimum atomic E-state index is -0.394. The molecule has 0 aliphatic rings. The minimum Gasteiger partial charge on any atom is -0.330 e. The summed E-state index contributed by atoms with van der Waals surface area (Å²) in [7, 11) is 1.96. The first kappa shape index (κ1) is 14.5. The summed E-state index contributed by atoms with van der Waals surface area (Å²) in [4.78, 5) is 17.3. The summed E-state index contributed by atoms with van der Waals surface area (Å²) < 4.78 is 17.9. The Morgan fingerprint density at radius 3 is 2.88 bits per heavy atom. The second-order valence-electron chi connectivity index (χ2n) is 5.61. The third kappa shape index (κ3) is 2.34. The maximum atomic E-state index is 14.0. The number of hydrogen-bond donors (Lipinski definition) is 0. The fraction of sp³-hybridized carbons (Fsp3) is 0.176. The molecule has 0 atom stereocenters. The molecule has 0 unspecified atom stereocenters. The molecule has 0 saturated carbocycles. The van der Waals surface area contributed by atoms with Gasteiger partial charge < -0.3 is 9.13 Å². The normalized spacial score (nSPS) is 11.3. The van der Waals surface area contributed by atoms with Crippen molar-refractivity contribution in [3.05, 3.63) is 60.3 Å². The lowest BCUT2D eigenvalue weighted by Gasteiger charge is -2.08. The van der Waals surface area contributed by atoms with Crippen molar-refractivity contribution < 1.29 is 4.39 Å². The average molecular weight is 322 g/mol. The van der Waals surface area contributed by atoms with E-state index in [0.717, 1.165) is 22.6 Å². The standard InChI is InChI=1S/C17H15FN6/c1-11-8-14-13(9-21-11)22-15(23(14)2)10-24-7-6-20-17(24)16-12(18)4-3-5-19-16/h3-9H,10H2,1-2H3. The van der Waals surface area contributed by atoms with Crippen LogP contribution >= 0.6 is 0 Å². The van der Waals surface area contributed by atoms with E-state index in [0.29, 0.717) is 12.4 Å². The highest BCUT2D eigenvalue weighted by Gasteiger charge is 2.15. The fourth-order valence-corrected chi connectivity index (χ4v) is 2.74. The van der Waals surface area contributed by atoms with E-state index in [4.69, 9.17) is 0 Å². The second kappa shape index (κ2) is 5.52. The number of nitrogens with zero attached hydrogens (tertiary/aromatic N) is 6. The van der Waals surface area contributed by atoms with Gasteiger partial charge in [0.25, 0.3) is 0 Å². The van der Waals surface area contributed by atoms with Crippen LogP contribution in [0.4, 0.5) is 4.39 Å². The summed E-state index contributed by atoms with van der Waals surface area (Å²) in [5, 5.41) is 0. The highest BCUT2D eigenvalue weighted by Crippen LogP contribution is 2.21. The van der Waals surface area contributed by atoms with Gasteiger partial charge in [-0.15, -0.1) is 0 Å². The van der Waals surface area contributed by atoms with E-state index in [1.807, 2.05) is 29.2 Å². The van der Waals surface area contributed by atoms with Gasteiger partial charge in [0.05, 0.1) is 18.3 Å². The van der Waals surface area contributed by atoms with E-state index in [1.54, 1.807) is 30.9 Å². The number of aryl methyl sites for hydroxylation is 2. The second-order valence-corrected chi connectivity index (χ2v) is 5.61. The van der Waals surface area contributed by atoms with Crippen molar-refractivity contribution in [2.45, 2.75) is 13.5 Å². The van der Waals surface area contributed by atoms with E-state index in [2.05, 4.69) is 19.9 Å². The molecular weight excluding hydrogens is 307 g/mol. The van der Waals surface area contributed by atoms with Crippen LogP contribution in [0, 0.1) is 12.7 Å². The van der Waals surface area contributed by atoms with Crippen molar-refractivity contribution in [3.8, 4) is 11.5 Å². The Labute approximate surface area is 137 Å². The van der Waals surface area contributed by atoms with Crippen LogP contribution in [0.1, 0.15) is 11.5 Å². The quantitative estimate of drug-likeness (QED) is 0.582. The van der Waals surface area contributed by atoms with E-state index in [9.17, 15) is 4.39 Å². The number of halogens is 1. The summed E-state index contributed by atoms with van der Waals surface area (Å²) in [6.07, 6.45) is 6.76. The molecule has 4 heterocycles. The van der Waals surface area contributed by atoms with Crippen LogP contribution in [0.5, 0.6) is 0 Å². The third-order valence-corrected chi connectivity index (χ3v) is 3.99. The Morgan fingerprint density at radius 1 is 1.17 bits per heavy atom. The van der Waals surface area contributed by atoms with E-state index >= 15 is 0 Å². The molecule has 0 bridgehead atoms. The first-order valence-electron chi connectivity index (χ1n) is 7.53. The maximum Gasteiger partial charge on any atom is 0.162 e. The van der Waals surface area contributed by atoms with Crippen LogP contribution in [0.3, 0.4) is 0 Å². The van der Waals surface area contributed by atoms with Crippen LogP contribution in [-0.2, 0) is 13.6 Å². The van der Waals surface area contributed by atoms with Gasteiger partial charge in [-0.2, -0.15) is 0 Å². The van der Waals surface area contributed by atoms with Crippen molar-refractivity contribution in [1.82, 2.24) is 29.1 Å². The summed E-state index contributed by atoms with van der Waals surface area (Å²) in [5.74, 6) is 0.928. The van der Waals surface area contributed by atoms with E-state index < -0.39 is 5.82 Å². The van der Waals surface area contributed by atoms with Gasteiger partial charge in [-0.3, -0.25) is 4.98 Å². The Bertz CT molecular complexity index is 1030. The number of aromatic nitrogens is 6. The average Bonchev–Trinajstić information content (AvgIpc) is 3.14. The van der Waals surface area contributed by atoms with Gasteiger partial charge >= 0.3 is 0 Å². The fourth-order valence-electron chi connectivity index (χ4n) is 2.74. The zero-order chi connectivity index (χ0) is 16.7. The van der Waals surface area contributed by atoms with Crippen LogP contribution in [0.2, 0.25) is 0 Å². The summed E-state index contributed by atoms with van der Waals surface area (Å²) in [6.45, 7) is 2.42. The molecule has 120 valence electrons. The molecule has 0 amide bonds. The predicted molar refractivity (Wildman–Crippen MR) is 87.8 cm³/mol. The summed E-state index contributed by atoms with van der Waals surface area (Å²) in [5.41, 5.74) is 3.03. The number of imidazole rings is 2. The van der Waals surface area contributed by atoms with Crippen LogP contribution in [0.25, 0.3) is 22.6 Å². The maximum absolute atomic E-state index is 14.0. The molecule has 0 aliphatic heterocycles. The van der Waals surface area contributed by atoms with Gasteiger partial charge in [0.2, 0.25) is 0 Å². The lowest BCUT2D eigenvalue weighted by atomic mass is 10.3. The molecule has 0 spiro atoms. The van der Waals surface area contributed by atoms with Gasteiger partial charge in [-0.25, -0.2) is 19.3 Å². The Kier molecular flexibility index (Phi) is 3.34. The first-order chi connectivity index (χ1) is 11.6. The van der Waals surface area contributed by atoms with Crippen molar-refractivity contribution >= 4 is 11.0 Å². The topological polar surface area (TPSA) is 61.4 Å². The smallest absolute Gasteiger partial charge is 0.162 e. The molecule has 0 N–H and O–H groups in total. The largest absolute Gasteiger partial charge is 0.330 e. The number of hydrogen-bond acceptors (Lipinski definition) is 4. The molecule has 4 rings (SSSR count). The van der Waals surface area contributed by atoms with Crippen molar-refractivity contribution in [1.29, 1.82) is 0 Å². The summed E-state index contributed by atoms with van der Waals surface area (Å²) >= 11 is 0. The SMILES string of the molecule is Cc1cc2c(cn1)nc(Cn1ccnc1-c1ncccc1F)n2C. The van der Waals surface area contributed by atoms with Crippen LogP contribution in [-0.4, -0.2) is 29.1 Å². The van der Waals surface area contributed by atoms with Crippen molar-refractivity contribution in [3.63, 3.8) is 0 Å². The summed E-state index contributed by atoms with van der Waals surface area (Å²) in [6, 6.07) is 4.94. The number of pyridine rings is 2. The molecule has 0 aromatic carbocycles. The van der Waals surface area contributed by atoms with Gasteiger partial charge in [0.15, 0.2) is 11.6 Å². The van der Waals surface area contributed by atoms with Crippen molar-refractivity contribution in [2.75, 3.05) is 0 Å². The number of rotatable bonds is 3. The van der Waals surface area contributed by atoms with Gasteiger partial charge in [0.1, 0.15) is 17.0 Å². The van der Waals surface area contributed by atoms with Gasteiger partial charge in [0, 0.05) is 31.3 Å². The molecule has 24 heavy (non-hydrogen) atoms.